The van der Waals surface area contributed by atoms with E-state index in [0.29, 0.717) is 12.0 Å². The number of likely N-dealkylation sites (N-methyl/N-ethyl adjacent to an activating group) is 1. The molecule has 0 N–H and O–H groups in total. The van der Waals surface area contributed by atoms with Crippen molar-refractivity contribution in [3.63, 3.8) is 0 Å². The minimum Gasteiger partial charge on any atom is -0.452 e. The summed E-state index contributed by atoms with van der Waals surface area (Å²) in [6.07, 6.45) is 3.32. The van der Waals surface area contributed by atoms with E-state index < -0.39 is 28.3 Å². The number of hydrogen-bond donors (Lipinski definition) is 0. The van der Waals surface area contributed by atoms with Gasteiger partial charge in [0.05, 0.1) is 17.1 Å². The molecule has 114 valence electrons. The van der Waals surface area contributed by atoms with Gasteiger partial charge in [0.25, 0.3) is 5.91 Å². The van der Waals surface area contributed by atoms with Gasteiger partial charge in [-0.15, -0.1) is 0 Å². The Labute approximate surface area is 122 Å². The van der Waals surface area contributed by atoms with E-state index in [1.54, 1.807) is 0 Å². The van der Waals surface area contributed by atoms with Gasteiger partial charge < -0.3 is 9.64 Å². The molecule has 0 aromatic carbocycles. The van der Waals surface area contributed by atoms with Crippen LogP contribution in [0.5, 0.6) is 0 Å². The zero-order chi connectivity index (χ0) is 15.5. The van der Waals surface area contributed by atoms with Crippen molar-refractivity contribution < 1.29 is 22.7 Å². The first-order chi connectivity index (χ1) is 9.89. The Hall–Kier alpha value is -1.96. The molecule has 1 fully saturated rings. The molecule has 21 heavy (non-hydrogen) atoms. The molecule has 0 unspecified atom stereocenters. The molecule has 0 aliphatic carbocycles. The van der Waals surface area contributed by atoms with E-state index in [4.69, 9.17) is 4.74 Å². The highest BCUT2D eigenvalue weighted by Crippen LogP contribution is 2.16. The van der Waals surface area contributed by atoms with E-state index in [2.05, 4.69) is 4.98 Å². The summed E-state index contributed by atoms with van der Waals surface area (Å²) in [5.74, 6) is -0.975. The van der Waals surface area contributed by atoms with Gasteiger partial charge in [-0.1, -0.05) is 0 Å². The molecule has 2 heterocycles. The molecule has 1 atom stereocenters. The van der Waals surface area contributed by atoms with Crippen LogP contribution < -0.4 is 0 Å². The molecular weight excluding hydrogens is 296 g/mol. The first kappa shape index (κ1) is 15.4. The number of sulfone groups is 1. The Morgan fingerprint density at radius 2 is 2.05 bits per heavy atom. The van der Waals surface area contributed by atoms with Crippen LogP contribution in [-0.4, -0.2) is 61.4 Å². The number of hydrogen-bond acceptors (Lipinski definition) is 6. The van der Waals surface area contributed by atoms with Gasteiger partial charge in [-0.05, 0) is 18.6 Å². The number of amides is 1. The predicted octanol–water partition coefficient (Wildman–Crippen LogP) is -0.116. The number of esters is 1. The van der Waals surface area contributed by atoms with E-state index in [0.717, 1.165) is 0 Å². The Kier molecular flexibility index (Phi) is 4.56. The van der Waals surface area contributed by atoms with E-state index in [1.807, 2.05) is 0 Å². The van der Waals surface area contributed by atoms with Crippen LogP contribution in [0.1, 0.15) is 16.8 Å². The van der Waals surface area contributed by atoms with Crippen LogP contribution in [0.25, 0.3) is 0 Å². The third-order valence-electron chi connectivity index (χ3n) is 3.39. The van der Waals surface area contributed by atoms with Crippen LogP contribution in [0, 0.1) is 0 Å². The summed E-state index contributed by atoms with van der Waals surface area (Å²) < 4.78 is 27.7. The monoisotopic (exact) mass is 312 g/mol. The van der Waals surface area contributed by atoms with Gasteiger partial charge in [-0.25, -0.2) is 13.2 Å². The fourth-order valence-electron chi connectivity index (χ4n) is 2.08. The summed E-state index contributed by atoms with van der Waals surface area (Å²) >= 11 is 0. The molecular formula is C13H16N2O5S. The molecule has 0 spiro atoms. The average molecular weight is 312 g/mol. The number of rotatable bonds is 4. The molecule has 1 aromatic rings. The van der Waals surface area contributed by atoms with Crippen molar-refractivity contribution in [1.82, 2.24) is 9.88 Å². The molecule has 1 aromatic heterocycles. The second kappa shape index (κ2) is 6.21. The van der Waals surface area contributed by atoms with Crippen molar-refractivity contribution in [3.8, 4) is 0 Å². The molecule has 0 saturated carbocycles. The Balaban J connectivity index is 1.86. The highest BCUT2D eigenvalue weighted by molar-refractivity contribution is 7.91. The van der Waals surface area contributed by atoms with E-state index in [9.17, 15) is 18.0 Å². The van der Waals surface area contributed by atoms with Crippen LogP contribution in [-0.2, 0) is 19.4 Å². The van der Waals surface area contributed by atoms with E-state index in [-0.39, 0.29) is 17.5 Å². The van der Waals surface area contributed by atoms with Gasteiger partial charge in [-0.2, -0.15) is 0 Å². The van der Waals surface area contributed by atoms with Crippen molar-refractivity contribution in [2.45, 2.75) is 12.5 Å². The van der Waals surface area contributed by atoms with Crippen LogP contribution in [0.4, 0.5) is 0 Å². The third kappa shape index (κ3) is 4.01. The van der Waals surface area contributed by atoms with Crippen LogP contribution in [0.2, 0.25) is 0 Å². The first-order valence-corrected chi connectivity index (χ1v) is 8.24. The van der Waals surface area contributed by atoms with E-state index >= 15 is 0 Å². The lowest BCUT2D eigenvalue weighted by atomic mass is 10.2. The van der Waals surface area contributed by atoms with Crippen molar-refractivity contribution in [2.24, 2.45) is 0 Å². The number of carbonyl (C=O) groups is 2. The fourth-order valence-corrected chi connectivity index (χ4v) is 3.86. The Morgan fingerprint density at radius 3 is 2.62 bits per heavy atom. The van der Waals surface area contributed by atoms with Crippen molar-refractivity contribution in [3.05, 3.63) is 30.1 Å². The van der Waals surface area contributed by atoms with Crippen molar-refractivity contribution >= 4 is 21.7 Å². The number of carbonyl (C=O) groups excluding carboxylic acids is 2. The molecule has 1 aliphatic rings. The summed E-state index contributed by atoms with van der Waals surface area (Å²) in [4.78, 5) is 28.7. The van der Waals surface area contributed by atoms with Crippen LogP contribution in [0.3, 0.4) is 0 Å². The highest BCUT2D eigenvalue weighted by atomic mass is 32.2. The summed E-state index contributed by atoms with van der Waals surface area (Å²) in [5.41, 5.74) is 0.309. The van der Waals surface area contributed by atoms with Crippen molar-refractivity contribution in [2.75, 3.05) is 25.2 Å². The zero-order valence-corrected chi connectivity index (χ0v) is 12.4. The van der Waals surface area contributed by atoms with Crippen LogP contribution >= 0.6 is 0 Å². The first-order valence-electron chi connectivity index (χ1n) is 6.42. The maximum atomic E-state index is 11.9. The number of nitrogens with zero attached hydrogens (tertiary/aromatic N) is 2. The number of pyridine rings is 1. The second-order valence-corrected chi connectivity index (χ2v) is 7.10. The quantitative estimate of drug-likeness (QED) is 0.720. The highest BCUT2D eigenvalue weighted by Gasteiger charge is 2.32. The Bertz CT molecular complexity index is 629. The fraction of sp³-hybridized carbons (Fsp3) is 0.462. The number of ether oxygens (including phenoxy) is 1. The number of aromatic nitrogens is 1. The normalized spacial score (nSPS) is 20.0. The summed E-state index contributed by atoms with van der Waals surface area (Å²) in [7, 11) is -1.53. The lowest BCUT2D eigenvalue weighted by Gasteiger charge is -2.23. The summed E-state index contributed by atoms with van der Waals surface area (Å²) in [5, 5.41) is 0. The van der Waals surface area contributed by atoms with Gasteiger partial charge in [0.2, 0.25) is 0 Å². The smallest absolute Gasteiger partial charge is 0.338 e. The standard InChI is InChI=1S/C13H16N2O5S/c1-15(11-4-7-21(18,19)9-11)12(16)8-20-13(17)10-2-5-14-6-3-10/h2-3,5-6,11H,4,7-9H2,1H3/t11-/m1/s1. The molecule has 0 radical (unpaired) electrons. The SMILES string of the molecule is CN(C(=O)COC(=O)c1ccncc1)[C@@H]1CCS(=O)(=O)C1. The topological polar surface area (TPSA) is 93.6 Å². The van der Waals surface area contributed by atoms with E-state index in [1.165, 1.54) is 36.5 Å². The molecule has 1 amide bonds. The lowest BCUT2D eigenvalue weighted by molar-refractivity contribution is -0.134. The summed E-state index contributed by atoms with van der Waals surface area (Å²) in [6, 6.07) is 2.63. The molecule has 1 aliphatic heterocycles. The average Bonchev–Trinajstić information content (AvgIpc) is 2.84. The maximum Gasteiger partial charge on any atom is 0.338 e. The molecule has 7 nitrogen and oxygen atoms in total. The summed E-state index contributed by atoms with van der Waals surface area (Å²) in [6.45, 7) is -0.409. The third-order valence-corrected chi connectivity index (χ3v) is 5.14. The van der Waals surface area contributed by atoms with Crippen molar-refractivity contribution in [1.29, 1.82) is 0 Å². The largest absolute Gasteiger partial charge is 0.452 e. The van der Waals surface area contributed by atoms with Gasteiger partial charge in [0, 0.05) is 25.5 Å². The zero-order valence-electron chi connectivity index (χ0n) is 11.6. The molecule has 8 heteroatoms. The minimum absolute atomic E-state index is 0.0342. The molecule has 1 saturated heterocycles. The Morgan fingerprint density at radius 1 is 1.38 bits per heavy atom. The molecule has 0 bridgehead atoms. The van der Waals surface area contributed by atoms with Gasteiger partial charge in [0.15, 0.2) is 16.4 Å². The lowest BCUT2D eigenvalue weighted by Crippen LogP contribution is -2.40. The second-order valence-electron chi connectivity index (χ2n) is 4.87. The maximum absolute atomic E-state index is 11.9. The minimum atomic E-state index is -3.06. The van der Waals surface area contributed by atoms with Gasteiger partial charge in [0.1, 0.15) is 0 Å². The van der Waals surface area contributed by atoms with Crippen LogP contribution in [0.15, 0.2) is 24.5 Å². The predicted molar refractivity (Wildman–Crippen MR) is 74.3 cm³/mol. The molecule has 2 rings (SSSR count). The van der Waals surface area contributed by atoms with Gasteiger partial charge >= 0.3 is 5.97 Å². The van der Waals surface area contributed by atoms with Gasteiger partial charge in [-0.3, -0.25) is 9.78 Å².